The maximum Gasteiger partial charge on any atom is 0.323 e. The fourth-order valence-corrected chi connectivity index (χ4v) is 3.30. The van der Waals surface area contributed by atoms with Crippen LogP contribution < -0.4 is 0 Å². The lowest BCUT2D eigenvalue weighted by Crippen LogP contribution is -2.45. The van der Waals surface area contributed by atoms with Crippen LogP contribution in [0, 0.1) is 17.3 Å². The average molecular weight is 308 g/mol. The Morgan fingerprint density at radius 2 is 1.86 bits per heavy atom. The van der Waals surface area contributed by atoms with E-state index >= 15 is 0 Å². The quantitative estimate of drug-likeness (QED) is 0.592. The molecule has 122 valence electrons. The van der Waals surface area contributed by atoms with Gasteiger partial charge in [-0.15, -0.1) is 0 Å². The van der Waals surface area contributed by atoms with Gasteiger partial charge in [0.1, 0.15) is 11.5 Å². The van der Waals surface area contributed by atoms with Crippen molar-refractivity contribution in [3.05, 3.63) is 23.2 Å². The summed E-state index contributed by atoms with van der Waals surface area (Å²) in [6, 6.07) is 0. The van der Waals surface area contributed by atoms with Gasteiger partial charge in [-0.25, -0.2) is 0 Å². The maximum absolute atomic E-state index is 12.2. The van der Waals surface area contributed by atoms with Crippen molar-refractivity contribution in [2.45, 2.75) is 40.0 Å². The molecule has 0 spiro atoms. The molecule has 1 aliphatic carbocycles. The van der Waals surface area contributed by atoms with E-state index in [1.807, 2.05) is 6.92 Å². The third kappa shape index (κ3) is 2.64. The fraction of sp³-hybridized carbons (Fsp3) is 0.647. The summed E-state index contributed by atoms with van der Waals surface area (Å²) in [4.78, 5) is 24.5. The molecule has 0 aromatic heterocycles. The SMILES string of the molecule is COC(=O)C1(C(=O)OC)CCC2C=C(C(C)C)OC(C)=C2C1. The number of esters is 2. The normalized spacial score (nSPS) is 23.4. The molecule has 0 N–H and O–H groups in total. The lowest BCUT2D eigenvalue weighted by molar-refractivity contribution is -0.171. The van der Waals surface area contributed by atoms with Gasteiger partial charge in [-0.2, -0.15) is 0 Å². The number of hydrogen-bond acceptors (Lipinski definition) is 5. The van der Waals surface area contributed by atoms with Crippen molar-refractivity contribution in [1.82, 2.24) is 0 Å². The zero-order valence-electron chi connectivity index (χ0n) is 13.9. The molecule has 5 heteroatoms. The second-order valence-corrected chi connectivity index (χ2v) is 6.29. The summed E-state index contributed by atoms with van der Waals surface area (Å²) < 4.78 is 15.6. The number of allylic oxidation sites excluding steroid dienone is 4. The van der Waals surface area contributed by atoms with E-state index in [9.17, 15) is 9.59 Å². The molecule has 1 fully saturated rings. The van der Waals surface area contributed by atoms with Crippen molar-refractivity contribution in [2.75, 3.05) is 14.2 Å². The van der Waals surface area contributed by atoms with Gasteiger partial charge in [-0.1, -0.05) is 13.8 Å². The molecule has 2 rings (SSSR count). The summed E-state index contributed by atoms with van der Waals surface area (Å²) in [5, 5.41) is 0. The second kappa shape index (κ2) is 6.15. The molecule has 0 aromatic carbocycles. The minimum Gasteiger partial charge on any atom is -0.468 e. The number of methoxy groups -OCH3 is 2. The molecule has 0 bridgehead atoms. The first-order valence-electron chi connectivity index (χ1n) is 7.61. The van der Waals surface area contributed by atoms with Crippen LogP contribution >= 0.6 is 0 Å². The van der Waals surface area contributed by atoms with Gasteiger partial charge in [-0.05, 0) is 37.8 Å². The van der Waals surface area contributed by atoms with Crippen molar-refractivity contribution in [3.63, 3.8) is 0 Å². The monoisotopic (exact) mass is 308 g/mol. The van der Waals surface area contributed by atoms with Crippen LogP contribution in [0.5, 0.6) is 0 Å². The van der Waals surface area contributed by atoms with Gasteiger partial charge < -0.3 is 14.2 Å². The second-order valence-electron chi connectivity index (χ2n) is 6.29. The molecule has 0 amide bonds. The Hall–Kier alpha value is -1.78. The highest BCUT2D eigenvalue weighted by molar-refractivity contribution is 6.00. The number of rotatable bonds is 3. The zero-order valence-corrected chi connectivity index (χ0v) is 13.9. The summed E-state index contributed by atoms with van der Waals surface area (Å²) in [5.41, 5.74) is -0.255. The Labute approximate surface area is 131 Å². The molecule has 22 heavy (non-hydrogen) atoms. The third-order valence-electron chi connectivity index (χ3n) is 4.63. The minimum atomic E-state index is -1.25. The van der Waals surface area contributed by atoms with Crippen molar-refractivity contribution in [1.29, 1.82) is 0 Å². The predicted octanol–water partition coefficient (Wildman–Crippen LogP) is 2.96. The number of hydrogen-bond donors (Lipinski definition) is 0. The fourth-order valence-electron chi connectivity index (χ4n) is 3.30. The summed E-state index contributed by atoms with van der Waals surface area (Å²) in [6.45, 7) is 6.06. The van der Waals surface area contributed by atoms with Gasteiger partial charge in [0, 0.05) is 11.8 Å². The highest BCUT2D eigenvalue weighted by Gasteiger charge is 2.52. The standard InChI is InChI=1S/C17H24O5/c1-10(2)14-8-12-6-7-17(15(18)20-4,16(19)21-5)9-13(12)11(3)22-14/h8,10,12H,6-7,9H2,1-5H3. The Bertz CT molecular complexity index is 525. The number of carbonyl (C=O) groups excluding carboxylic acids is 2. The molecule has 1 saturated carbocycles. The Kier molecular flexibility index (Phi) is 4.63. The molecule has 2 aliphatic rings. The van der Waals surface area contributed by atoms with Crippen molar-refractivity contribution >= 4 is 11.9 Å². The van der Waals surface area contributed by atoms with E-state index in [-0.39, 0.29) is 5.92 Å². The van der Waals surface area contributed by atoms with Crippen LogP contribution in [0.3, 0.4) is 0 Å². The molecule has 1 aliphatic heterocycles. The first-order valence-corrected chi connectivity index (χ1v) is 7.61. The maximum atomic E-state index is 12.2. The van der Waals surface area contributed by atoms with Gasteiger partial charge in [-0.3, -0.25) is 9.59 Å². The number of fused-ring (bicyclic) bond motifs is 1. The molecular formula is C17H24O5. The van der Waals surface area contributed by atoms with Gasteiger partial charge in [0.25, 0.3) is 0 Å². The Morgan fingerprint density at radius 1 is 1.27 bits per heavy atom. The summed E-state index contributed by atoms with van der Waals surface area (Å²) in [6.07, 6.45) is 3.54. The average Bonchev–Trinajstić information content (AvgIpc) is 2.52. The topological polar surface area (TPSA) is 61.8 Å². The highest BCUT2D eigenvalue weighted by atomic mass is 16.5. The molecule has 0 radical (unpaired) electrons. The van der Waals surface area contributed by atoms with Crippen LogP contribution in [0.4, 0.5) is 0 Å². The first-order chi connectivity index (χ1) is 10.4. The first kappa shape index (κ1) is 16.6. The van der Waals surface area contributed by atoms with Crippen LogP contribution in [0.25, 0.3) is 0 Å². The lowest BCUT2D eigenvalue weighted by atomic mass is 9.67. The van der Waals surface area contributed by atoms with E-state index < -0.39 is 17.4 Å². The third-order valence-corrected chi connectivity index (χ3v) is 4.63. The van der Waals surface area contributed by atoms with Crippen LogP contribution in [-0.4, -0.2) is 26.2 Å². The highest BCUT2D eigenvalue weighted by Crippen LogP contribution is 2.48. The van der Waals surface area contributed by atoms with Crippen LogP contribution in [-0.2, 0) is 23.8 Å². The molecule has 1 atom stereocenters. The molecule has 1 unspecified atom stereocenters. The van der Waals surface area contributed by atoms with Gasteiger partial charge in [0.05, 0.1) is 14.2 Å². The minimum absolute atomic E-state index is 0.216. The summed E-state index contributed by atoms with van der Waals surface area (Å²) in [7, 11) is 2.60. The van der Waals surface area contributed by atoms with E-state index in [0.717, 1.165) is 17.1 Å². The Morgan fingerprint density at radius 3 is 2.36 bits per heavy atom. The van der Waals surface area contributed by atoms with E-state index in [1.165, 1.54) is 14.2 Å². The van der Waals surface area contributed by atoms with Gasteiger partial charge in [0.2, 0.25) is 0 Å². The van der Waals surface area contributed by atoms with E-state index in [4.69, 9.17) is 14.2 Å². The van der Waals surface area contributed by atoms with Crippen molar-refractivity contribution in [3.8, 4) is 0 Å². The summed E-state index contributed by atoms with van der Waals surface area (Å²) in [5.74, 6) is 1.20. The summed E-state index contributed by atoms with van der Waals surface area (Å²) >= 11 is 0. The van der Waals surface area contributed by atoms with Gasteiger partial charge >= 0.3 is 11.9 Å². The largest absolute Gasteiger partial charge is 0.468 e. The molecule has 0 aromatic rings. The lowest BCUT2D eigenvalue weighted by Gasteiger charge is -2.39. The number of carbonyl (C=O) groups is 2. The van der Waals surface area contributed by atoms with Crippen molar-refractivity contribution in [2.24, 2.45) is 17.3 Å². The molecule has 1 heterocycles. The van der Waals surface area contributed by atoms with E-state index in [1.54, 1.807) is 0 Å². The Balaban J connectivity index is 2.36. The molecular weight excluding hydrogens is 284 g/mol. The van der Waals surface area contributed by atoms with Crippen LogP contribution in [0.15, 0.2) is 23.2 Å². The van der Waals surface area contributed by atoms with Crippen molar-refractivity contribution < 1.29 is 23.8 Å². The smallest absolute Gasteiger partial charge is 0.323 e. The number of ether oxygens (including phenoxy) is 3. The van der Waals surface area contributed by atoms with E-state index in [0.29, 0.717) is 25.2 Å². The molecule has 5 nitrogen and oxygen atoms in total. The molecule has 0 saturated heterocycles. The van der Waals surface area contributed by atoms with Crippen LogP contribution in [0.2, 0.25) is 0 Å². The zero-order chi connectivity index (χ0) is 16.5. The van der Waals surface area contributed by atoms with Crippen LogP contribution in [0.1, 0.15) is 40.0 Å². The van der Waals surface area contributed by atoms with E-state index in [2.05, 4.69) is 19.9 Å². The van der Waals surface area contributed by atoms with Gasteiger partial charge in [0.15, 0.2) is 5.41 Å². The predicted molar refractivity (Wildman–Crippen MR) is 80.5 cm³/mol.